The Labute approximate surface area is 107 Å². The van der Waals surface area contributed by atoms with Crippen molar-refractivity contribution in [1.82, 2.24) is 9.62 Å². The number of nitrogens with two attached hydrogens (primary N) is 1. The highest BCUT2D eigenvalue weighted by molar-refractivity contribution is 7.89. The SMILES string of the molecule is CN(C)C(=O)c1ccc(S(=O)(=O)NCCN)cc1. The van der Waals surface area contributed by atoms with Gasteiger partial charge in [-0.15, -0.1) is 0 Å². The minimum absolute atomic E-state index is 0.117. The Balaban J connectivity index is 2.93. The van der Waals surface area contributed by atoms with Crippen LogP contribution in [0.4, 0.5) is 0 Å². The molecule has 0 aliphatic heterocycles. The van der Waals surface area contributed by atoms with Gasteiger partial charge in [-0.2, -0.15) is 0 Å². The van der Waals surface area contributed by atoms with Crippen molar-refractivity contribution in [3.63, 3.8) is 0 Å². The van der Waals surface area contributed by atoms with Crippen LogP contribution in [-0.2, 0) is 10.0 Å². The smallest absolute Gasteiger partial charge is 0.253 e. The van der Waals surface area contributed by atoms with Crippen LogP contribution >= 0.6 is 0 Å². The summed E-state index contributed by atoms with van der Waals surface area (Å²) in [5.41, 5.74) is 5.68. The van der Waals surface area contributed by atoms with Crippen LogP contribution in [0.5, 0.6) is 0 Å². The second-order valence-electron chi connectivity index (χ2n) is 3.91. The predicted octanol–water partition coefficient (Wildman–Crippen LogP) is -0.375. The molecule has 1 aromatic carbocycles. The predicted molar refractivity (Wildman–Crippen MR) is 68.7 cm³/mol. The van der Waals surface area contributed by atoms with E-state index in [9.17, 15) is 13.2 Å². The molecule has 18 heavy (non-hydrogen) atoms. The van der Waals surface area contributed by atoms with Gasteiger partial charge in [-0.25, -0.2) is 13.1 Å². The van der Waals surface area contributed by atoms with Gasteiger partial charge in [-0.05, 0) is 24.3 Å². The van der Waals surface area contributed by atoms with Crippen molar-refractivity contribution in [2.75, 3.05) is 27.2 Å². The number of hydrogen-bond donors (Lipinski definition) is 2. The van der Waals surface area contributed by atoms with E-state index < -0.39 is 10.0 Å². The average molecular weight is 271 g/mol. The summed E-state index contributed by atoms with van der Waals surface area (Å²) in [6, 6.07) is 5.77. The van der Waals surface area contributed by atoms with E-state index in [2.05, 4.69) is 4.72 Å². The maximum Gasteiger partial charge on any atom is 0.253 e. The highest BCUT2D eigenvalue weighted by atomic mass is 32.2. The van der Waals surface area contributed by atoms with Crippen molar-refractivity contribution in [2.24, 2.45) is 5.73 Å². The zero-order valence-electron chi connectivity index (χ0n) is 10.4. The largest absolute Gasteiger partial charge is 0.345 e. The third kappa shape index (κ3) is 3.52. The van der Waals surface area contributed by atoms with E-state index in [1.165, 1.54) is 29.2 Å². The molecule has 0 unspecified atom stereocenters. The van der Waals surface area contributed by atoms with Crippen LogP contribution in [0.3, 0.4) is 0 Å². The van der Waals surface area contributed by atoms with E-state index in [1.807, 2.05) is 0 Å². The van der Waals surface area contributed by atoms with Crippen LogP contribution in [0.25, 0.3) is 0 Å². The van der Waals surface area contributed by atoms with E-state index in [-0.39, 0.29) is 23.9 Å². The third-order valence-corrected chi connectivity index (χ3v) is 3.73. The van der Waals surface area contributed by atoms with Crippen LogP contribution in [0, 0.1) is 0 Å². The molecule has 1 amide bonds. The highest BCUT2D eigenvalue weighted by Crippen LogP contribution is 2.11. The molecule has 0 saturated carbocycles. The van der Waals surface area contributed by atoms with E-state index in [1.54, 1.807) is 14.1 Å². The molecule has 0 bridgehead atoms. The Morgan fingerprint density at radius 2 is 1.83 bits per heavy atom. The Kier molecular flexibility index (Phi) is 4.83. The summed E-state index contributed by atoms with van der Waals surface area (Å²) in [6.07, 6.45) is 0. The number of rotatable bonds is 5. The molecule has 0 heterocycles. The Bertz CT molecular complexity index is 509. The number of sulfonamides is 1. The first-order chi connectivity index (χ1) is 8.38. The summed E-state index contributed by atoms with van der Waals surface area (Å²) >= 11 is 0. The lowest BCUT2D eigenvalue weighted by molar-refractivity contribution is 0.0827. The first-order valence-electron chi connectivity index (χ1n) is 5.40. The maximum absolute atomic E-state index is 11.7. The minimum Gasteiger partial charge on any atom is -0.345 e. The maximum atomic E-state index is 11.7. The van der Waals surface area contributed by atoms with Crippen molar-refractivity contribution in [3.05, 3.63) is 29.8 Å². The van der Waals surface area contributed by atoms with Gasteiger partial charge in [0, 0.05) is 32.7 Å². The van der Waals surface area contributed by atoms with Crippen LogP contribution in [-0.4, -0.2) is 46.4 Å². The molecule has 1 aromatic rings. The van der Waals surface area contributed by atoms with Crippen LogP contribution in [0.2, 0.25) is 0 Å². The van der Waals surface area contributed by atoms with Crippen molar-refractivity contribution in [1.29, 1.82) is 0 Å². The third-order valence-electron chi connectivity index (χ3n) is 2.25. The zero-order chi connectivity index (χ0) is 13.8. The van der Waals surface area contributed by atoms with Crippen molar-refractivity contribution >= 4 is 15.9 Å². The molecule has 0 aromatic heterocycles. The lowest BCUT2D eigenvalue weighted by Gasteiger charge is -2.11. The standard InChI is InChI=1S/C11H17N3O3S/c1-14(2)11(15)9-3-5-10(6-4-9)18(16,17)13-8-7-12/h3-6,13H,7-8,12H2,1-2H3. The molecule has 100 valence electrons. The molecule has 0 radical (unpaired) electrons. The fraction of sp³-hybridized carbons (Fsp3) is 0.364. The van der Waals surface area contributed by atoms with Gasteiger partial charge in [0.1, 0.15) is 0 Å². The van der Waals surface area contributed by atoms with E-state index in [0.29, 0.717) is 5.56 Å². The molecular formula is C11H17N3O3S. The van der Waals surface area contributed by atoms with Crippen LogP contribution in [0.1, 0.15) is 10.4 Å². The quantitative estimate of drug-likeness (QED) is 0.764. The number of nitrogens with one attached hydrogen (secondary N) is 1. The molecule has 0 saturated heterocycles. The molecule has 7 heteroatoms. The number of carbonyl (C=O) groups is 1. The van der Waals surface area contributed by atoms with Crippen molar-refractivity contribution < 1.29 is 13.2 Å². The Hall–Kier alpha value is -1.44. The number of hydrogen-bond acceptors (Lipinski definition) is 4. The van der Waals surface area contributed by atoms with Gasteiger partial charge in [0.05, 0.1) is 4.90 Å². The summed E-state index contributed by atoms with van der Waals surface area (Å²) in [6.45, 7) is 0.414. The zero-order valence-corrected chi connectivity index (χ0v) is 11.2. The second-order valence-corrected chi connectivity index (χ2v) is 5.68. The monoisotopic (exact) mass is 271 g/mol. The van der Waals surface area contributed by atoms with Gasteiger partial charge < -0.3 is 10.6 Å². The first kappa shape index (κ1) is 14.6. The molecule has 6 nitrogen and oxygen atoms in total. The summed E-state index contributed by atoms with van der Waals surface area (Å²) < 4.78 is 25.8. The fourth-order valence-electron chi connectivity index (χ4n) is 1.31. The topological polar surface area (TPSA) is 92.5 Å². The van der Waals surface area contributed by atoms with Gasteiger partial charge in [0.25, 0.3) is 5.91 Å². The molecule has 3 N–H and O–H groups in total. The summed E-state index contributed by atoms with van der Waals surface area (Å²) in [7, 11) is -0.271. The molecule has 0 fully saturated rings. The van der Waals surface area contributed by atoms with Crippen molar-refractivity contribution in [3.8, 4) is 0 Å². The Morgan fingerprint density at radius 3 is 2.28 bits per heavy atom. The minimum atomic E-state index is -3.54. The van der Waals surface area contributed by atoms with Crippen molar-refractivity contribution in [2.45, 2.75) is 4.90 Å². The number of carbonyl (C=O) groups excluding carboxylic acids is 1. The molecule has 0 spiro atoms. The molecule has 0 aliphatic carbocycles. The average Bonchev–Trinajstić information content (AvgIpc) is 2.35. The van der Waals surface area contributed by atoms with Gasteiger partial charge >= 0.3 is 0 Å². The summed E-state index contributed by atoms with van der Waals surface area (Å²) in [5.74, 6) is -0.172. The van der Waals surface area contributed by atoms with Crippen LogP contribution in [0.15, 0.2) is 29.2 Å². The fourth-order valence-corrected chi connectivity index (χ4v) is 2.36. The lowest BCUT2D eigenvalue weighted by Crippen LogP contribution is -2.29. The van der Waals surface area contributed by atoms with Crippen LogP contribution < -0.4 is 10.5 Å². The van der Waals surface area contributed by atoms with E-state index >= 15 is 0 Å². The van der Waals surface area contributed by atoms with E-state index in [4.69, 9.17) is 5.73 Å². The number of benzene rings is 1. The molecule has 0 aliphatic rings. The van der Waals surface area contributed by atoms with Gasteiger partial charge in [0.15, 0.2) is 0 Å². The Morgan fingerprint density at radius 1 is 1.28 bits per heavy atom. The second kappa shape index (κ2) is 5.94. The molecular weight excluding hydrogens is 254 g/mol. The first-order valence-corrected chi connectivity index (χ1v) is 6.88. The van der Waals surface area contributed by atoms with E-state index in [0.717, 1.165) is 0 Å². The highest BCUT2D eigenvalue weighted by Gasteiger charge is 2.14. The van der Waals surface area contributed by atoms with Gasteiger partial charge in [-0.1, -0.05) is 0 Å². The number of nitrogens with zero attached hydrogens (tertiary/aromatic N) is 1. The van der Waals surface area contributed by atoms with Gasteiger partial charge in [0.2, 0.25) is 10.0 Å². The summed E-state index contributed by atoms with van der Waals surface area (Å²) in [5, 5.41) is 0. The molecule has 0 atom stereocenters. The molecule has 1 rings (SSSR count). The summed E-state index contributed by atoms with van der Waals surface area (Å²) in [4.78, 5) is 13.2. The number of amides is 1. The lowest BCUT2D eigenvalue weighted by atomic mass is 10.2. The van der Waals surface area contributed by atoms with Gasteiger partial charge in [-0.3, -0.25) is 4.79 Å². The normalized spacial score (nSPS) is 11.3.